The minimum absolute atomic E-state index is 0.0272. The normalized spacial score (nSPS) is 12.6. The van der Waals surface area contributed by atoms with Crippen molar-refractivity contribution in [1.29, 1.82) is 0 Å². The molecule has 1 aromatic carbocycles. The van der Waals surface area contributed by atoms with Gasteiger partial charge >= 0.3 is 7.82 Å². The second-order valence-corrected chi connectivity index (χ2v) is 12.0. The highest BCUT2D eigenvalue weighted by atomic mass is 35.5. The third-order valence-corrected chi connectivity index (χ3v) is 7.41. The molecule has 11 heteroatoms. The van der Waals surface area contributed by atoms with Crippen LogP contribution in [0.1, 0.15) is 120 Å². The first kappa shape index (κ1) is 37.0. The number of carbonyl (C=O) groups is 1. The second kappa shape index (κ2) is 22.5. The number of nitrogens with zero attached hydrogens (tertiary/aromatic N) is 1. The molecule has 232 valence electrons. The van der Waals surface area contributed by atoms with E-state index in [0.717, 1.165) is 30.4 Å². The maximum Gasteiger partial charge on any atom is 0.469 e. The third-order valence-electron chi connectivity index (χ3n) is 6.63. The van der Waals surface area contributed by atoms with E-state index in [4.69, 9.17) is 31.0 Å². The van der Waals surface area contributed by atoms with Crippen LogP contribution in [0.25, 0.3) is 0 Å². The van der Waals surface area contributed by atoms with Crippen LogP contribution in [0.2, 0.25) is 5.02 Å². The molecular weight excluding hydrogens is 560 g/mol. The largest absolute Gasteiger partial charge is 0.469 e. The van der Waals surface area contributed by atoms with Gasteiger partial charge in [-0.2, -0.15) is 0 Å². The first-order chi connectivity index (χ1) is 19.1. The Morgan fingerprint density at radius 3 is 1.88 bits per heavy atom. The van der Waals surface area contributed by atoms with Gasteiger partial charge in [0.05, 0.1) is 18.2 Å². The summed E-state index contributed by atoms with van der Waals surface area (Å²) in [6.45, 7) is 2.20. The van der Waals surface area contributed by atoms with Crippen LogP contribution in [-0.4, -0.2) is 53.7 Å². The van der Waals surface area contributed by atoms with Crippen molar-refractivity contribution >= 4 is 25.3 Å². The van der Waals surface area contributed by atoms with Gasteiger partial charge in [0.25, 0.3) is 5.91 Å². The van der Waals surface area contributed by atoms with Gasteiger partial charge < -0.3 is 14.5 Å². The first-order valence-corrected chi connectivity index (χ1v) is 16.7. The molecule has 0 unspecified atom stereocenters. The number of carbonyl (C=O) groups excluding carboxylic acids is 1. The number of benzene rings is 1. The van der Waals surface area contributed by atoms with Crippen molar-refractivity contribution in [1.82, 2.24) is 5.06 Å². The summed E-state index contributed by atoms with van der Waals surface area (Å²) in [4.78, 5) is 36.2. The molecule has 1 amide bonds. The molecule has 0 heterocycles. The van der Waals surface area contributed by atoms with Crippen LogP contribution in [0.15, 0.2) is 18.2 Å². The maximum atomic E-state index is 13.4. The molecule has 0 bridgehead atoms. The average molecular weight is 610 g/mol. The van der Waals surface area contributed by atoms with E-state index in [0.29, 0.717) is 6.61 Å². The number of phosphoric acid groups is 1. The van der Waals surface area contributed by atoms with Gasteiger partial charge in [0, 0.05) is 19.2 Å². The topological polar surface area (TPSA) is 106 Å². The monoisotopic (exact) mass is 609 g/mol. The zero-order valence-corrected chi connectivity index (χ0v) is 26.0. The molecule has 0 radical (unpaired) electrons. The van der Waals surface area contributed by atoms with E-state index < -0.39 is 32.3 Å². The van der Waals surface area contributed by atoms with Crippen molar-refractivity contribution in [3.8, 4) is 0 Å². The fourth-order valence-corrected chi connectivity index (χ4v) is 4.88. The number of hydrogen-bond acceptors (Lipinski definition) is 5. The van der Waals surface area contributed by atoms with E-state index >= 15 is 0 Å². The predicted molar refractivity (Wildman–Crippen MR) is 157 cm³/mol. The van der Waals surface area contributed by atoms with Gasteiger partial charge in [-0.15, -0.1) is 0 Å². The summed E-state index contributed by atoms with van der Waals surface area (Å²) >= 11 is 5.74. The number of unbranched alkanes of at least 4 members (excludes halogenated alkanes) is 15. The number of halogens is 2. The van der Waals surface area contributed by atoms with E-state index in [1.807, 2.05) is 0 Å². The number of phosphoric ester groups is 1. The molecule has 0 saturated heterocycles. The molecule has 1 atom stereocenters. The Kier molecular flexibility index (Phi) is 20.8. The zero-order valence-electron chi connectivity index (χ0n) is 24.3. The third kappa shape index (κ3) is 19.1. The first-order valence-electron chi connectivity index (χ1n) is 14.8. The van der Waals surface area contributed by atoms with Crippen LogP contribution < -0.4 is 0 Å². The molecule has 0 spiro atoms. The van der Waals surface area contributed by atoms with E-state index in [1.54, 1.807) is 0 Å². The summed E-state index contributed by atoms with van der Waals surface area (Å²) in [6.07, 6.45) is 19.5. The minimum Gasteiger partial charge on any atom is -0.379 e. The van der Waals surface area contributed by atoms with E-state index in [9.17, 15) is 13.8 Å². The Morgan fingerprint density at radius 1 is 0.900 bits per heavy atom. The molecule has 0 aromatic heterocycles. The molecule has 0 fully saturated rings. The molecule has 0 saturated carbocycles. The molecule has 0 aliphatic rings. The summed E-state index contributed by atoms with van der Waals surface area (Å²) in [5.74, 6) is -1.27. The van der Waals surface area contributed by atoms with E-state index in [-0.39, 0.29) is 17.2 Å². The van der Waals surface area contributed by atoms with Crippen LogP contribution in [0.4, 0.5) is 4.39 Å². The number of ether oxygens (including phenoxy) is 1. The predicted octanol–water partition coefficient (Wildman–Crippen LogP) is 8.24. The van der Waals surface area contributed by atoms with Gasteiger partial charge in [0.2, 0.25) is 0 Å². The van der Waals surface area contributed by atoms with Gasteiger partial charge in [-0.1, -0.05) is 115 Å². The van der Waals surface area contributed by atoms with Gasteiger partial charge in [-0.05, 0) is 24.6 Å². The molecule has 1 aromatic rings. The van der Waals surface area contributed by atoms with E-state index in [2.05, 4.69) is 11.4 Å². The second-order valence-electron chi connectivity index (χ2n) is 10.3. The lowest BCUT2D eigenvalue weighted by atomic mass is 10.0. The van der Waals surface area contributed by atoms with Crippen LogP contribution >= 0.6 is 19.4 Å². The number of hydroxylamine groups is 2. The highest BCUT2D eigenvalue weighted by molar-refractivity contribution is 7.46. The zero-order chi connectivity index (χ0) is 29.6. The summed E-state index contributed by atoms with van der Waals surface area (Å²) in [5.41, 5.74) is 0.0950. The lowest BCUT2D eigenvalue weighted by molar-refractivity contribution is -0.175. The summed E-state index contributed by atoms with van der Waals surface area (Å²) in [5, 5.41) is 0.678. The Balaban J connectivity index is 2.17. The van der Waals surface area contributed by atoms with Crippen LogP contribution in [0, 0.1) is 5.82 Å². The van der Waals surface area contributed by atoms with Crippen LogP contribution in [0.5, 0.6) is 0 Å². The summed E-state index contributed by atoms with van der Waals surface area (Å²) in [7, 11) is -3.40. The van der Waals surface area contributed by atoms with Crippen LogP contribution in [-0.2, 0) is 18.7 Å². The molecule has 0 aliphatic carbocycles. The Morgan fingerprint density at radius 2 is 1.40 bits per heavy atom. The van der Waals surface area contributed by atoms with Crippen molar-refractivity contribution in [3.63, 3.8) is 0 Å². The summed E-state index contributed by atoms with van der Waals surface area (Å²) < 4.78 is 34.7. The summed E-state index contributed by atoms with van der Waals surface area (Å²) in [6, 6.07) is 3.51. The number of amides is 1. The van der Waals surface area contributed by atoms with Gasteiger partial charge in [0.1, 0.15) is 11.9 Å². The van der Waals surface area contributed by atoms with Crippen molar-refractivity contribution in [3.05, 3.63) is 34.6 Å². The average Bonchev–Trinajstić information content (AvgIpc) is 2.91. The fraction of sp³-hybridized carbons (Fsp3) is 0.759. The van der Waals surface area contributed by atoms with Crippen molar-refractivity contribution in [2.24, 2.45) is 0 Å². The minimum atomic E-state index is -4.73. The lowest BCUT2D eigenvalue weighted by Crippen LogP contribution is -2.36. The Labute approximate surface area is 245 Å². The van der Waals surface area contributed by atoms with Crippen molar-refractivity contribution in [2.75, 3.05) is 26.9 Å². The smallest absolute Gasteiger partial charge is 0.379 e. The van der Waals surface area contributed by atoms with E-state index in [1.165, 1.54) is 103 Å². The maximum absolute atomic E-state index is 13.4. The Hall–Kier alpha value is -1.06. The molecule has 0 aliphatic heterocycles. The SMILES string of the molecule is CCCCCCCCCCCCCCCCCCOC[C@H](COP(=O)(O)O)ON(C)C(=O)c1ccc(F)c(Cl)c1. The number of rotatable bonds is 25. The van der Waals surface area contributed by atoms with Crippen LogP contribution in [0.3, 0.4) is 0 Å². The fourth-order valence-electron chi connectivity index (χ4n) is 4.34. The lowest BCUT2D eigenvalue weighted by Gasteiger charge is -2.24. The number of hydrogen-bond donors (Lipinski definition) is 2. The Bertz CT molecular complexity index is 858. The highest BCUT2D eigenvalue weighted by Gasteiger charge is 2.23. The molecule has 8 nitrogen and oxygen atoms in total. The van der Waals surface area contributed by atoms with Crippen molar-refractivity contribution < 1.29 is 37.6 Å². The van der Waals surface area contributed by atoms with Crippen molar-refractivity contribution in [2.45, 2.75) is 116 Å². The van der Waals surface area contributed by atoms with Gasteiger partial charge in [0.15, 0.2) is 0 Å². The molecule has 2 N–H and O–H groups in total. The standard InChI is InChI=1S/C29H50ClFNO7P/c1-3-4-5-6-7-8-9-10-11-12-13-14-15-16-17-18-21-37-23-26(24-38-40(34,35)36)39-32(2)29(33)25-19-20-28(31)27(30)22-25/h19-20,22,26H,3-18,21,23-24H2,1-2H3,(H2,34,35,36)/t26-/m1/s1. The highest BCUT2D eigenvalue weighted by Crippen LogP contribution is 2.36. The molecular formula is C29H50ClFNO7P. The quantitative estimate of drug-likeness (QED) is 0.0653. The van der Waals surface area contributed by atoms with Gasteiger partial charge in [-0.25, -0.2) is 14.0 Å². The van der Waals surface area contributed by atoms with Gasteiger partial charge in [-0.3, -0.25) is 14.2 Å². The molecule has 1 rings (SSSR count). The molecule has 40 heavy (non-hydrogen) atoms.